The molecule has 3 nitrogen and oxygen atoms in total. The van der Waals surface area contributed by atoms with Crippen molar-refractivity contribution >= 4 is 11.8 Å². The van der Waals surface area contributed by atoms with Crippen molar-refractivity contribution in [1.82, 2.24) is 4.98 Å². The maximum Gasteiger partial charge on any atom is 0.119 e. The molecule has 0 saturated heterocycles. The Balaban J connectivity index is 2.19. The predicted molar refractivity (Wildman–Crippen MR) is 82.7 cm³/mol. The van der Waals surface area contributed by atoms with Crippen molar-refractivity contribution in [3.05, 3.63) is 53.7 Å². The minimum absolute atomic E-state index is 0.360. The fourth-order valence-electron chi connectivity index (χ4n) is 1.67. The Bertz CT molecular complexity index is 617. The van der Waals surface area contributed by atoms with E-state index in [4.69, 9.17) is 10.5 Å². The summed E-state index contributed by atoms with van der Waals surface area (Å²) in [6, 6.07) is 11.8. The van der Waals surface area contributed by atoms with Crippen LogP contribution < -0.4 is 10.5 Å². The number of thioether (sulfide) groups is 1. The van der Waals surface area contributed by atoms with Crippen LogP contribution in [0.4, 0.5) is 0 Å². The third-order valence-electron chi connectivity index (χ3n) is 2.65. The Labute approximate surface area is 123 Å². The number of nitrogens with zero attached hydrogens (tertiary/aromatic N) is 1. The van der Waals surface area contributed by atoms with Crippen molar-refractivity contribution in [2.45, 2.75) is 10.8 Å². The number of ether oxygens (including phenoxy) is 1. The lowest BCUT2D eigenvalue weighted by atomic mass is 10.1. The second-order valence-electron chi connectivity index (χ2n) is 3.99. The van der Waals surface area contributed by atoms with Crippen LogP contribution in [0.2, 0.25) is 0 Å². The summed E-state index contributed by atoms with van der Waals surface area (Å²) >= 11 is 1.67. The standard InChI is InChI=1S/C16H16N2OS/c1-19-15-8-7-13(5-4-9-17)14(11-15)12-20-16-6-2-3-10-18-16/h2-3,6-8,10-11H,9,12,17H2,1H3. The molecule has 2 rings (SSSR count). The van der Waals surface area contributed by atoms with E-state index in [1.165, 1.54) is 0 Å². The van der Waals surface area contributed by atoms with Crippen LogP contribution >= 0.6 is 11.8 Å². The molecule has 0 bridgehead atoms. The van der Waals surface area contributed by atoms with Crippen LogP contribution in [0.25, 0.3) is 0 Å². The third kappa shape index (κ3) is 4.02. The lowest BCUT2D eigenvalue weighted by Gasteiger charge is -2.07. The Morgan fingerprint density at radius 2 is 2.20 bits per heavy atom. The van der Waals surface area contributed by atoms with Crippen LogP contribution in [0.15, 0.2) is 47.6 Å². The van der Waals surface area contributed by atoms with Crippen LogP contribution in [0.3, 0.4) is 0 Å². The molecule has 0 saturated carbocycles. The molecule has 0 aliphatic carbocycles. The summed E-state index contributed by atoms with van der Waals surface area (Å²) in [4.78, 5) is 4.30. The quantitative estimate of drug-likeness (QED) is 0.693. The fourth-order valence-corrected chi connectivity index (χ4v) is 2.52. The fraction of sp³-hybridized carbons (Fsp3) is 0.188. The van der Waals surface area contributed by atoms with E-state index < -0.39 is 0 Å². The zero-order valence-electron chi connectivity index (χ0n) is 11.3. The van der Waals surface area contributed by atoms with E-state index in [9.17, 15) is 0 Å². The molecule has 0 spiro atoms. The van der Waals surface area contributed by atoms with Crippen LogP contribution in [-0.4, -0.2) is 18.6 Å². The summed E-state index contributed by atoms with van der Waals surface area (Å²) in [7, 11) is 1.66. The average molecular weight is 284 g/mol. The Hall–Kier alpha value is -1.96. The van der Waals surface area contributed by atoms with Crippen molar-refractivity contribution in [3.8, 4) is 17.6 Å². The smallest absolute Gasteiger partial charge is 0.119 e. The van der Waals surface area contributed by atoms with Gasteiger partial charge in [0, 0.05) is 17.5 Å². The van der Waals surface area contributed by atoms with Crippen LogP contribution in [0.1, 0.15) is 11.1 Å². The summed E-state index contributed by atoms with van der Waals surface area (Å²) < 4.78 is 5.27. The molecular weight excluding hydrogens is 268 g/mol. The number of aromatic nitrogens is 1. The number of nitrogens with two attached hydrogens (primary N) is 1. The first-order valence-electron chi connectivity index (χ1n) is 6.23. The molecule has 0 amide bonds. The monoisotopic (exact) mass is 284 g/mol. The molecule has 0 aliphatic heterocycles. The minimum atomic E-state index is 0.360. The molecule has 2 N–H and O–H groups in total. The highest BCUT2D eigenvalue weighted by atomic mass is 32.2. The number of pyridine rings is 1. The van der Waals surface area contributed by atoms with Crippen LogP contribution in [0.5, 0.6) is 5.75 Å². The highest BCUT2D eigenvalue weighted by Crippen LogP contribution is 2.25. The zero-order chi connectivity index (χ0) is 14.2. The molecule has 1 heterocycles. The van der Waals surface area contributed by atoms with Gasteiger partial charge in [-0.05, 0) is 35.9 Å². The summed E-state index contributed by atoms with van der Waals surface area (Å²) in [5, 5.41) is 0.994. The third-order valence-corrected chi connectivity index (χ3v) is 3.64. The van der Waals surface area contributed by atoms with Gasteiger partial charge in [0.1, 0.15) is 5.75 Å². The van der Waals surface area contributed by atoms with Crippen molar-refractivity contribution in [2.24, 2.45) is 5.73 Å². The van der Waals surface area contributed by atoms with Crippen molar-refractivity contribution in [2.75, 3.05) is 13.7 Å². The Morgan fingerprint density at radius 3 is 2.90 bits per heavy atom. The van der Waals surface area contributed by atoms with E-state index in [0.717, 1.165) is 27.7 Å². The number of hydrogen-bond acceptors (Lipinski definition) is 4. The van der Waals surface area contributed by atoms with Gasteiger partial charge in [-0.1, -0.05) is 17.9 Å². The first kappa shape index (κ1) is 14.4. The largest absolute Gasteiger partial charge is 0.497 e. The minimum Gasteiger partial charge on any atom is -0.497 e. The van der Waals surface area contributed by atoms with Gasteiger partial charge in [-0.15, -0.1) is 11.8 Å². The van der Waals surface area contributed by atoms with Gasteiger partial charge >= 0.3 is 0 Å². The van der Waals surface area contributed by atoms with Gasteiger partial charge in [0.25, 0.3) is 0 Å². The molecule has 1 aromatic carbocycles. The molecule has 0 unspecified atom stereocenters. The zero-order valence-corrected chi connectivity index (χ0v) is 12.1. The lowest BCUT2D eigenvalue weighted by Crippen LogP contribution is -1.95. The van der Waals surface area contributed by atoms with Crippen LogP contribution in [0, 0.1) is 11.8 Å². The summed E-state index contributed by atoms with van der Waals surface area (Å²) in [6.45, 7) is 0.360. The first-order valence-corrected chi connectivity index (χ1v) is 7.21. The molecule has 2 aromatic rings. The Morgan fingerprint density at radius 1 is 1.30 bits per heavy atom. The van der Waals surface area contributed by atoms with Crippen molar-refractivity contribution < 1.29 is 4.74 Å². The second kappa shape index (κ2) is 7.59. The van der Waals surface area contributed by atoms with Gasteiger partial charge < -0.3 is 10.5 Å². The topological polar surface area (TPSA) is 48.1 Å². The molecule has 0 aliphatic rings. The highest BCUT2D eigenvalue weighted by molar-refractivity contribution is 7.98. The lowest BCUT2D eigenvalue weighted by molar-refractivity contribution is 0.414. The van der Waals surface area contributed by atoms with Crippen LogP contribution in [-0.2, 0) is 5.75 Å². The SMILES string of the molecule is COc1ccc(C#CCN)c(CSc2ccccn2)c1. The normalized spacial score (nSPS) is 9.70. The van der Waals surface area contributed by atoms with E-state index >= 15 is 0 Å². The first-order chi connectivity index (χ1) is 9.83. The molecule has 1 aromatic heterocycles. The molecule has 0 atom stereocenters. The van der Waals surface area contributed by atoms with Crippen molar-refractivity contribution in [3.63, 3.8) is 0 Å². The highest BCUT2D eigenvalue weighted by Gasteiger charge is 2.04. The van der Waals surface area contributed by atoms with Crippen molar-refractivity contribution in [1.29, 1.82) is 0 Å². The van der Waals surface area contributed by atoms with E-state index in [1.54, 1.807) is 25.1 Å². The van der Waals surface area contributed by atoms with Gasteiger partial charge in [-0.2, -0.15) is 0 Å². The van der Waals surface area contributed by atoms with E-state index in [2.05, 4.69) is 16.8 Å². The summed E-state index contributed by atoms with van der Waals surface area (Å²) in [6.07, 6.45) is 1.79. The van der Waals surface area contributed by atoms with Gasteiger partial charge in [0.2, 0.25) is 0 Å². The second-order valence-corrected chi connectivity index (χ2v) is 4.98. The number of methoxy groups -OCH3 is 1. The Kier molecular flexibility index (Phi) is 5.48. The van der Waals surface area contributed by atoms with Gasteiger partial charge in [0.15, 0.2) is 0 Å². The van der Waals surface area contributed by atoms with Gasteiger partial charge in [0.05, 0.1) is 18.7 Å². The number of rotatable bonds is 4. The molecule has 0 radical (unpaired) electrons. The summed E-state index contributed by atoms with van der Waals surface area (Å²) in [5.74, 6) is 7.62. The molecular formula is C16H16N2OS. The number of benzene rings is 1. The molecule has 102 valence electrons. The predicted octanol–water partition coefficient (Wildman–Crippen LogP) is 2.69. The van der Waals surface area contributed by atoms with Gasteiger partial charge in [-0.25, -0.2) is 4.98 Å². The molecule has 20 heavy (non-hydrogen) atoms. The maximum absolute atomic E-state index is 5.43. The van der Waals surface area contributed by atoms with Gasteiger partial charge in [-0.3, -0.25) is 0 Å². The van der Waals surface area contributed by atoms with E-state index in [0.29, 0.717) is 6.54 Å². The molecule has 0 fully saturated rings. The summed E-state index contributed by atoms with van der Waals surface area (Å²) in [5.41, 5.74) is 7.55. The average Bonchev–Trinajstić information content (AvgIpc) is 2.52. The maximum atomic E-state index is 5.43. The van der Waals surface area contributed by atoms with E-state index in [-0.39, 0.29) is 0 Å². The molecule has 4 heteroatoms. The number of hydrogen-bond donors (Lipinski definition) is 1. The van der Waals surface area contributed by atoms with E-state index in [1.807, 2.05) is 36.4 Å².